The Balaban J connectivity index is 2.08. The van der Waals surface area contributed by atoms with Crippen LogP contribution in [0.1, 0.15) is 18.7 Å². The maximum atomic E-state index is 5.93. The SMILES string of the molecule is COc1cc(Br)cc(-c2noc(CN)n2)c1OC1CC1. The fraction of sp³-hybridized carbons (Fsp3) is 0.385. The maximum Gasteiger partial charge on any atom is 0.240 e. The summed E-state index contributed by atoms with van der Waals surface area (Å²) in [4.78, 5) is 4.24. The molecule has 7 heteroatoms. The molecule has 0 atom stereocenters. The molecule has 20 heavy (non-hydrogen) atoms. The predicted octanol–water partition coefficient (Wildman–Crippen LogP) is 2.51. The van der Waals surface area contributed by atoms with Gasteiger partial charge in [0.1, 0.15) is 0 Å². The molecule has 106 valence electrons. The first-order chi connectivity index (χ1) is 9.71. The first kappa shape index (κ1) is 13.4. The van der Waals surface area contributed by atoms with Gasteiger partial charge < -0.3 is 19.7 Å². The summed E-state index contributed by atoms with van der Waals surface area (Å²) in [6.07, 6.45) is 2.35. The van der Waals surface area contributed by atoms with Crippen molar-refractivity contribution in [3.05, 3.63) is 22.5 Å². The third kappa shape index (κ3) is 2.64. The highest BCUT2D eigenvalue weighted by Crippen LogP contribution is 2.42. The minimum Gasteiger partial charge on any atom is -0.493 e. The van der Waals surface area contributed by atoms with Crippen LogP contribution in [0.3, 0.4) is 0 Å². The van der Waals surface area contributed by atoms with E-state index in [0.29, 0.717) is 23.2 Å². The van der Waals surface area contributed by atoms with Crippen molar-refractivity contribution in [3.63, 3.8) is 0 Å². The third-order valence-corrected chi connectivity index (χ3v) is 3.39. The van der Waals surface area contributed by atoms with Crippen LogP contribution in [0.15, 0.2) is 21.1 Å². The summed E-state index contributed by atoms with van der Waals surface area (Å²) in [5.41, 5.74) is 6.22. The molecule has 1 fully saturated rings. The Morgan fingerprint density at radius 1 is 1.45 bits per heavy atom. The van der Waals surface area contributed by atoms with Crippen LogP contribution in [0.4, 0.5) is 0 Å². The Hall–Kier alpha value is -1.60. The summed E-state index contributed by atoms with van der Waals surface area (Å²) < 4.78 is 17.2. The zero-order chi connectivity index (χ0) is 14.1. The molecule has 6 nitrogen and oxygen atoms in total. The molecule has 1 heterocycles. The van der Waals surface area contributed by atoms with Crippen LogP contribution in [-0.2, 0) is 6.54 Å². The van der Waals surface area contributed by atoms with E-state index in [9.17, 15) is 0 Å². The number of halogens is 1. The summed E-state index contributed by atoms with van der Waals surface area (Å²) in [5, 5.41) is 3.94. The minimum absolute atomic E-state index is 0.205. The second-order valence-electron chi connectivity index (χ2n) is 4.52. The number of methoxy groups -OCH3 is 1. The van der Waals surface area contributed by atoms with E-state index in [4.69, 9.17) is 19.7 Å². The van der Waals surface area contributed by atoms with E-state index in [1.165, 1.54) is 0 Å². The number of rotatable bonds is 5. The molecule has 0 radical (unpaired) electrons. The minimum atomic E-state index is 0.205. The van der Waals surface area contributed by atoms with Gasteiger partial charge in [-0.1, -0.05) is 21.1 Å². The summed E-state index contributed by atoms with van der Waals surface area (Å²) in [7, 11) is 1.60. The van der Waals surface area contributed by atoms with E-state index in [0.717, 1.165) is 22.9 Å². The van der Waals surface area contributed by atoms with Gasteiger partial charge in [-0.3, -0.25) is 0 Å². The highest BCUT2D eigenvalue weighted by Gasteiger charge is 2.28. The molecule has 0 amide bonds. The van der Waals surface area contributed by atoms with Gasteiger partial charge in [-0.05, 0) is 25.0 Å². The molecule has 0 spiro atoms. The van der Waals surface area contributed by atoms with Crippen molar-refractivity contribution in [3.8, 4) is 22.9 Å². The van der Waals surface area contributed by atoms with E-state index in [1.54, 1.807) is 7.11 Å². The van der Waals surface area contributed by atoms with Crippen LogP contribution in [0, 0.1) is 0 Å². The van der Waals surface area contributed by atoms with Crippen molar-refractivity contribution in [1.29, 1.82) is 0 Å². The lowest BCUT2D eigenvalue weighted by atomic mass is 10.1. The summed E-state index contributed by atoms with van der Waals surface area (Å²) in [5.74, 6) is 2.11. The van der Waals surface area contributed by atoms with Gasteiger partial charge in [-0.25, -0.2) is 0 Å². The maximum absolute atomic E-state index is 5.93. The summed E-state index contributed by atoms with van der Waals surface area (Å²) >= 11 is 3.44. The van der Waals surface area contributed by atoms with Crippen LogP contribution in [0.25, 0.3) is 11.4 Å². The van der Waals surface area contributed by atoms with E-state index in [-0.39, 0.29) is 12.6 Å². The number of benzene rings is 1. The lowest BCUT2D eigenvalue weighted by Crippen LogP contribution is -2.01. The average molecular weight is 340 g/mol. The largest absolute Gasteiger partial charge is 0.493 e. The average Bonchev–Trinajstić information content (AvgIpc) is 3.14. The lowest BCUT2D eigenvalue weighted by Gasteiger charge is -2.13. The molecule has 3 rings (SSSR count). The molecule has 2 N–H and O–H groups in total. The smallest absolute Gasteiger partial charge is 0.240 e. The molecular weight excluding hydrogens is 326 g/mol. The molecule has 1 aromatic heterocycles. The van der Waals surface area contributed by atoms with E-state index in [2.05, 4.69) is 26.1 Å². The van der Waals surface area contributed by atoms with Gasteiger partial charge in [-0.15, -0.1) is 0 Å². The molecule has 0 saturated heterocycles. The van der Waals surface area contributed by atoms with Crippen LogP contribution in [0.2, 0.25) is 0 Å². The number of aromatic nitrogens is 2. The molecule has 1 aliphatic rings. The molecular formula is C13H14BrN3O3. The van der Waals surface area contributed by atoms with Crippen molar-refractivity contribution in [2.75, 3.05) is 7.11 Å². The van der Waals surface area contributed by atoms with Crippen molar-refractivity contribution in [2.45, 2.75) is 25.5 Å². The van der Waals surface area contributed by atoms with Gasteiger partial charge in [0.2, 0.25) is 11.7 Å². The first-order valence-electron chi connectivity index (χ1n) is 6.28. The zero-order valence-corrected chi connectivity index (χ0v) is 12.5. The number of nitrogens with zero attached hydrogens (tertiary/aromatic N) is 2. The van der Waals surface area contributed by atoms with Gasteiger partial charge in [0, 0.05) is 4.47 Å². The Morgan fingerprint density at radius 2 is 2.25 bits per heavy atom. The summed E-state index contributed by atoms with van der Waals surface area (Å²) in [6.45, 7) is 0.205. The van der Waals surface area contributed by atoms with Gasteiger partial charge >= 0.3 is 0 Å². The van der Waals surface area contributed by atoms with Crippen LogP contribution in [-0.4, -0.2) is 23.4 Å². The van der Waals surface area contributed by atoms with Crippen molar-refractivity contribution < 1.29 is 14.0 Å². The molecule has 2 aromatic rings. The zero-order valence-electron chi connectivity index (χ0n) is 10.9. The normalized spacial score (nSPS) is 14.3. The Kier molecular flexibility index (Phi) is 3.62. The Morgan fingerprint density at radius 3 is 2.85 bits per heavy atom. The molecule has 0 aliphatic heterocycles. The van der Waals surface area contributed by atoms with Crippen molar-refractivity contribution in [2.24, 2.45) is 5.73 Å². The quantitative estimate of drug-likeness (QED) is 0.900. The van der Waals surface area contributed by atoms with Gasteiger partial charge in [0.25, 0.3) is 0 Å². The highest BCUT2D eigenvalue weighted by molar-refractivity contribution is 9.10. The number of ether oxygens (including phenoxy) is 2. The van der Waals surface area contributed by atoms with Crippen molar-refractivity contribution in [1.82, 2.24) is 10.1 Å². The second-order valence-corrected chi connectivity index (χ2v) is 5.43. The molecule has 0 unspecified atom stereocenters. The van der Waals surface area contributed by atoms with E-state index in [1.807, 2.05) is 12.1 Å². The molecule has 1 saturated carbocycles. The number of hydrogen-bond acceptors (Lipinski definition) is 6. The first-order valence-corrected chi connectivity index (χ1v) is 7.07. The monoisotopic (exact) mass is 339 g/mol. The van der Waals surface area contributed by atoms with Crippen LogP contribution in [0.5, 0.6) is 11.5 Å². The van der Waals surface area contributed by atoms with Crippen LogP contribution < -0.4 is 15.2 Å². The third-order valence-electron chi connectivity index (χ3n) is 2.93. The van der Waals surface area contributed by atoms with Gasteiger partial charge in [0.05, 0.1) is 25.3 Å². The fourth-order valence-corrected chi connectivity index (χ4v) is 2.24. The number of hydrogen-bond donors (Lipinski definition) is 1. The van der Waals surface area contributed by atoms with E-state index < -0.39 is 0 Å². The second kappa shape index (κ2) is 5.41. The van der Waals surface area contributed by atoms with Gasteiger partial charge in [-0.2, -0.15) is 4.98 Å². The summed E-state index contributed by atoms with van der Waals surface area (Å²) in [6, 6.07) is 3.73. The standard InChI is InChI=1S/C13H14BrN3O3/c1-18-10-5-7(14)4-9(12(10)19-8-2-3-8)13-16-11(6-15)20-17-13/h4-5,8H,2-3,6,15H2,1H3. The molecule has 0 bridgehead atoms. The molecule has 1 aromatic carbocycles. The predicted molar refractivity (Wildman–Crippen MR) is 75.5 cm³/mol. The fourth-order valence-electron chi connectivity index (χ4n) is 1.81. The number of nitrogens with two attached hydrogens (primary N) is 1. The topological polar surface area (TPSA) is 83.4 Å². The highest BCUT2D eigenvalue weighted by atomic mass is 79.9. The van der Waals surface area contributed by atoms with Gasteiger partial charge in [0.15, 0.2) is 11.5 Å². The molecule has 1 aliphatic carbocycles. The van der Waals surface area contributed by atoms with E-state index >= 15 is 0 Å². The Bertz CT molecular complexity index is 625. The lowest BCUT2D eigenvalue weighted by molar-refractivity contribution is 0.283. The Labute approximate surface area is 124 Å². The van der Waals surface area contributed by atoms with Crippen LogP contribution >= 0.6 is 15.9 Å². The van der Waals surface area contributed by atoms with Crippen molar-refractivity contribution >= 4 is 15.9 Å².